The summed E-state index contributed by atoms with van der Waals surface area (Å²) in [5.74, 6) is 0.295. The van der Waals surface area contributed by atoms with E-state index in [1.54, 1.807) is 13.0 Å². The van der Waals surface area contributed by atoms with E-state index in [9.17, 15) is 15.0 Å². The van der Waals surface area contributed by atoms with Crippen LogP contribution in [-0.4, -0.2) is 16.5 Å². The van der Waals surface area contributed by atoms with Crippen molar-refractivity contribution >= 4 is 0 Å². The average Bonchev–Trinajstić information content (AvgIpc) is 2.17. The molecule has 0 aromatic heterocycles. The molecule has 15 heavy (non-hydrogen) atoms. The molecule has 5 nitrogen and oxygen atoms in total. The largest absolute Gasteiger partial charge is 0.264 e. The molecule has 5 heteroatoms. The van der Waals surface area contributed by atoms with E-state index in [1.807, 2.05) is 13.8 Å². The highest BCUT2D eigenvalue weighted by molar-refractivity contribution is 5.18. The van der Waals surface area contributed by atoms with Gasteiger partial charge in [0.05, 0.1) is 0 Å². The van der Waals surface area contributed by atoms with Crippen LogP contribution in [0.25, 0.3) is 0 Å². The summed E-state index contributed by atoms with van der Waals surface area (Å²) in [4.78, 5) is 21.1. The minimum absolute atomic E-state index is 0.295. The van der Waals surface area contributed by atoms with Gasteiger partial charge in [-0.3, -0.25) is 10.1 Å². The molecule has 0 bridgehead atoms. The monoisotopic (exact) mass is 212 g/mol. The number of hydrogen-bond donors (Lipinski definition) is 0. The summed E-state index contributed by atoms with van der Waals surface area (Å²) >= 11 is 0. The van der Waals surface area contributed by atoms with E-state index in [0.29, 0.717) is 12.3 Å². The second kappa shape index (κ2) is 4.08. The van der Waals surface area contributed by atoms with Crippen molar-refractivity contribution in [3.05, 3.63) is 26.7 Å². The molecule has 2 atom stereocenters. The van der Waals surface area contributed by atoms with Crippen LogP contribution >= 0.6 is 0 Å². The summed E-state index contributed by atoms with van der Waals surface area (Å²) in [7, 11) is 0. The van der Waals surface area contributed by atoms with E-state index >= 15 is 0 Å². The van der Waals surface area contributed by atoms with Crippen LogP contribution in [0.15, 0.2) is 16.8 Å². The Bertz CT molecular complexity index is 312. The maximum Gasteiger partial charge on any atom is 0.259 e. The number of allylic oxidation sites excluding steroid dienone is 1. The first-order chi connectivity index (χ1) is 6.90. The van der Waals surface area contributed by atoms with Crippen LogP contribution in [0.3, 0.4) is 0 Å². The van der Waals surface area contributed by atoms with Crippen LogP contribution in [0, 0.1) is 20.9 Å². The quantitative estimate of drug-likeness (QED) is 0.312. The minimum atomic E-state index is -1.08. The Hall–Kier alpha value is -1.26. The first-order valence-corrected chi connectivity index (χ1v) is 5.09. The number of nitrogens with zero attached hydrogens (tertiary/aromatic N) is 2. The lowest BCUT2D eigenvalue weighted by atomic mass is 9.78. The molecule has 0 heterocycles. The highest BCUT2D eigenvalue weighted by atomic mass is 16.6. The molecule has 0 aromatic rings. The standard InChI is InChI=1S/C10H16N2O3/c1-7(2)8-4-5-10(3,11-13)9(6-8)12(14)15/h6-7,9H,4-5H2,1-3H3. The molecule has 0 amide bonds. The molecule has 0 aliphatic heterocycles. The molecule has 0 fully saturated rings. The molecule has 1 aliphatic carbocycles. The fourth-order valence-electron chi connectivity index (χ4n) is 1.88. The van der Waals surface area contributed by atoms with Crippen molar-refractivity contribution < 1.29 is 4.92 Å². The average molecular weight is 212 g/mol. The molecular weight excluding hydrogens is 196 g/mol. The van der Waals surface area contributed by atoms with Crippen LogP contribution in [0.5, 0.6) is 0 Å². The fourth-order valence-corrected chi connectivity index (χ4v) is 1.88. The minimum Gasteiger partial charge on any atom is -0.264 e. The van der Waals surface area contributed by atoms with Crippen LogP contribution in [0.1, 0.15) is 33.6 Å². The van der Waals surface area contributed by atoms with E-state index in [1.165, 1.54) is 0 Å². The summed E-state index contributed by atoms with van der Waals surface area (Å²) in [6, 6.07) is -0.971. The number of nitro groups is 1. The van der Waals surface area contributed by atoms with Gasteiger partial charge in [-0.1, -0.05) is 24.6 Å². The third-order valence-corrected chi connectivity index (χ3v) is 3.11. The first kappa shape index (κ1) is 11.8. The van der Waals surface area contributed by atoms with Gasteiger partial charge >= 0.3 is 0 Å². The van der Waals surface area contributed by atoms with Crippen molar-refractivity contribution in [2.75, 3.05) is 0 Å². The number of hydrogen-bond acceptors (Lipinski definition) is 4. The van der Waals surface area contributed by atoms with Gasteiger partial charge in [0.25, 0.3) is 6.04 Å². The molecule has 0 spiro atoms. The first-order valence-electron chi connectivity index (χ1n) is 5.09. The van der Waals surface area contributed by atoms with Crippen molar-refractivity contribution in [2.45, 2.75) is 45.2 Å². The molecule has 1 aliphatic rings. The van der Waals surface area contributed by atoms with Crippen LogP contribution in [0.2, 0.25) is 0 Å². The van der Waals surface area contributed by atoms with Gasteiger partial charge in [-0.25, -0.2) is 0 Å². The van der Waals surface area contributed by atoms with Gasteiger partial charge in [0, 0.05) is 4.92 Å². The van der Waals surface area contributed by atoms with Crippen molar-refractivity contribution in [1.29, 1.82) is 0 Å². The zero-order valence-electron chi connectivity index (χ0n) is 9.27. The van der Waals surface area contributed by atoms with Gasteiger partial charge in [-0.05, 0) is 31.8 Å². The molecule has 1 rings (SSSR count). The predicted molar refractivity (Wildman–Crippen MR) is 57.1 cm³/mol. The molecule has 0 saturated carbocycles. The SMILES string of the molecule is CC(C)C1=CC([N+](=O)[O-])C(C)(N=O)CC1. The van der Waals surface area contributed by atoms with E-state index in [2.05, 4.69) is 5.18 Å². The lowest BCUT2D eigenvalue weighted by Gasteiger charge is -2.29. The van der Waals surface area contributed by atoms with Gasteiger partial charge in [-0.2, -0.15) is 0 Å². The lowest BCUT2D eigenvalue weighted by Crippen LogP contribution is -2.44. The Morgan fingerprint density at radius 2 is 2.27 bits per heavy atom. The van der Waals surface area contributed by atoms with Gasteiger partial charge in [0.15, 0.2) is 5.54 Å². The van der Waals surface area contributed by atoms with Crippen molar-refractivity contribution in [3.63, 3.8) is 0 Å². The topological polar surface area (TPSA) is 72.6 Å². The van der Waals surface area contributed by atoms with E-state index < -0.39 is 16.5 Å². The Labute approximate surface area is 88.7 Å². The van der Waals surface area contributed by atoms with Crippen molar-refractivity contribution in [2.24, 2.45) is 11.1 Å². The highest BCUT2D eigenvalue weighted by Crippen LogP contribution is 2.34. The van der Waals surface area contributed by atoms with E-state index in [-0.39, 0.29) is 0 Å². The van der Waals surface area contributed by atoms with Gasteiger partial charge in [0.1, 0.15) is 0 Å². The lowest BCUT2D eigenvalue weighted by molar-refractivity contribution is -0.520. The summed E-state index contributed by atoms with van der Waals surface area (Å²) in [6.07, 6.45) is 2.80. The fraction of sp³-hybridized carbons (Fsp3) is 0.800. The molecule has 0 saturated heterocycles. The highest BCUT2D eigenvalue weighted by Gasteiger charge is 2.46. The summed E-state index contributed by atoms with van der Waals surface area (Å²) in [5, 5.41) is 13.8. The molecule has 0 aromatic carbocycles. The number of nitroso groups, excluding NO2 is 1. The van der Waals surface area contributed by atoms with Gasteiger partial charge in [0.2, 0.25) is 0 Å². The van der Waals surface area contributed by atoms with Crippen molar-refractivity contribution in [3.8, 4) is 0 Å². The summed E-state index contributed by atoms with van der Waals surface area (Å²) in [5.41, 5.74) is -0.0279. The van der Waals surface area contributed by atoms with Crippen LogP contribution in [0.4, 0.5) is 0 Å². The molecular formula is C10H16N2O3. The zero-order chi connectivity index (χ0) is 11.6. The second-order valence-electron chi connectivity index (χ2n) is 4.57. The van der Waals surface area contributed by atoms with Crippen LogP contribution in [-0.2, 0) is 0 Å². The van der Waals surface area contributed by atoms with Crippen LogP contribution < -0.4 is 0 Å². The predicted octanol–water partition coefficient (Wildman–Crippen LogP) is 2.53. The molecule has 0 N–H and O–H groups in total. The maximum absolute atomic E-state index is 10.9. The maximum atomic E-state index is 10.9. The number of rotatable bonds is 3. The van der Waals surface area contributed by atoms with Crippen molar-refractivity contribution in [1.82, 2.24) is 0 Å². The third kappa shape index (κ3) is 2.22. The summed E-state index contributed by atoms with van der Waals surface area (Å²) in [6.45, 7) is 5.56. The Kier molecular flexibility index (Phi) is 3.21. The zero-order valence-corrected chi connectivity index (χ0v) is 9.27. The molecule has 2 unspecified atom stereocenters. The van der Waals surface area contributed by atoms with E-state index in [0.717, 1.165) is 12.0 Å². The Morgan fingerprint density at radius 1 is 1.67 bits per heavy atom. The molecule has 0 radical (unpaired) electrons. The Morgan fingerprint density at radius 3 is 2.67 bits per heavy atom. The van der Waals surface area contributed by atoms with Gasteiger partial charge in [-0.15, -0.1) is 4.91 Å². The summed E-state index contributed by atoms with van der Waals surface area (Å²) < 4.78 is 0. The molecule has 84 valence electrons. The van der Waals surface area contributed by atoms with Gasteiger partial charge < -0.3 is 0 Å². The Balaban J connectivity index is 3.04. The third-order valence-electron chi connectivity index (χ3n) is 3.11. The second-order valence-corrected chi connectivity index (χ2v) is 4.57. The normalized spacial score (nSPS) is 31.2. The van der Waals surface area contributed by atoms with E-state index in [4.69, 9.17) is 0 Å². The smallest absolute Gasteiger partial charge is 0.259 e.